The van der Waals surface area contributed by atoms with Crippen molar-refractivity contribution >= 4 is 15.9 Å². The first-order chi connectivity index (χ1) is 5.47. The Kier molecular flexibility index (Phi) is 2.51. The number of hydrogen-bond acceptors (Lipinski definition) is 3. The second-order valence-corrected chi connectivity index (χ2v) is 2.44. The minimum absolute atomic E-state index is 0.206. The second kappa shape index (κ2) is 3.26. The molecule has 12 heavy (non-hydrogen) atoms. The van der Waals surface area contributed by atoms with Crippen molar-refractivity contribution in [2.75, 3.05) is 0 Å². The molecule has 0 atom stereocenters. The van der Waals surface area contributed by atoms with Crippen molar-refractivity contribution in [1.29, 1.82) is 0 Å². The van der Waals surface area contributed by atoms with Crippen molar-refractivity contribution in [3.63, 3.8) is 0 Å². The zero-order valence-corrected chi connectivity index (χ0v) is 7.06. The van der Waals surface area contributed by atoms with Gasteiger partial charge in [-0.1, -0.05) is 0 Å². The van der Waals surface area contributed by atoms with E-state index in [0.29, 0.717) is 0 Å². The first-order valence-electron chi connectivity index (χ1n) is 2.71. The fourth-order valence-corrected chi connectivity index (χ4v) is 0.692. The Bertz CT molecular complexity index is 260. The molecule has 0 saturated heterocycles. The van der Waals surface area contributed by atoms with Crippen LogP contribution in [0.5, 0.6) is 5.75 Å². The number of halogens is 4. The summed E-state index contributed by atoms with van der Waals surface area (Å²) in [4.78, 5) is 6.89. The largest absolute Gasteiger partial charge is 0.573 e. The summed E-state index contributed by atoms with van der Waals surface area (Å²) in [5.41, 5.74) is 0. The average molecular weight is 243 g/mol. The Morgan fingerprint density at radius 1 is 1.25 bits per heavy atom. The highest BCUT2D eigenvalue weighted by atomic mass is 79.9. The molecule has 0 aliphatic heterocycles. The third kappa shape index (κ3) is 3.04. The summed E-state index contributed by atoms with van der Waals surface area (Å²) in [6.45, 7) is 0. The van der Waals surface area contributed by atoms with Crippen molar-refractivity contribution < 1.29 is 17.9 Å². The van der Waals surface area contributed by atoms with Crippen LogP contribution in [0.3, 0.4) is 0 Å². The lowest BCUT2D eigenvalue weighted by Gasteiger charge is -2.06. The number of nitrogens with zero attached hydrogens (tertiary/aromatic N) is 2. The van der Waals surface area contributed by atoms with Crippen LogP contribution in [-0.4, -0.2) is 16.3 Å². The molecular weight excluding hydrogens is 241 g/mol. The topological polar surface area (TPSA) is 35.0 Å². The highest BCUT2D eigenvalue weighted by Crippen LogP contribution is 2.21. The van der Waals surface area contributed by atoms with E-state index in [1.165, 1.54) is 0 Å². The molecule has 1 aromatic heterocycles. The van der Waals surface area contributed by atoms with E-state index in [0.717, 1.165) is 12.4 Å². The lowest BCUT2D eigenvalue weighted by atomic mass is 10.6. The molecule has 0 radical (unpaired) electrons. The smallest absolute Gasteiger partial charge is 0.402 e. The normalized spacial score (nSPS) is 11.3. The summed E-state index contributed by atoms with van der Waals surface area (Å²) >= 11 is 2.87. The highest BCUT2D eigenvalue weighted by molar-refractivity contribution is 9.10. The minimum Gasteiger partial charge on any atom is -0.402 e. The Hall–Kier alpha value is -0.850. The standard InChI is InChI=1S/C5H2BrF3N2O/c6-4-10-1-3(2-11-4)12-5(7,8)9/h1-2H. The summed E-state index contributed by atoms with van der Waals surface area (Å²) in [6.07, 6.45) is -2.85. The maximum atomic E-state index is 11.6. The van der Waals surface area contributed by atoms with E-state index < -0.39 is 12.1 Å². The van der Waals surface area contributed by atoms with Crippen LogP contribution < -0.4 is 4.74 Å². The van der Waals surface area contributed by atoms with Gasteiger partial charge in [-0.15, -0.1) is 13.2 Å². The summed E-state index contributed by atoms with van der Waals surface area (Å²) < 4.78 is 38.4. The zero-order valence-electron chi connectivity index (χ0n) is 5.47. The Labute approximate surface area is 73.7 Å². The van der Waals surface area contributed by atoms with Gasteiger partial charge in [-0.05, 0) is 15.9 Å². The molecule has 0 amide bonds. The first-order valence-corrected chi connectivity index (χ1v) is 3.50. The molecule has 0 spiro atoms. The molecule has 0 N–H and O–H groups in total. The van der Waals surface area contributed by atoms with Crippen LogP contribution in [0, 0.1) is 0 Å². The van der Waals surface area contributed by atoms with E-state index in [1.807, 2.05) is 0 Å². The van der Waals surface area contributed by atoms with E-state index in [1.54, 1.807) is 0 Å². The molecule has 1 rings (SSSR count). The molecule has 0 saturated carbocycles. The zero-order chi connectivity index (χ0) is 9.19. The maximum absolute atomic E-state index is 11.6. The van der Waals surface area contributed by atoms with Crippen LogP contribution in [0.15, 0.2) is 17.1 Å². The Morgan fingerprint density at radius 2 is 1.75 bits per heavy atom. The molecule has 0 aromatic carbocycles. The van der Waals surface area contributed by atoms with Crippen molar-refractivity contribution in [1.82, 2.24) is 9.97 Å². The minimum atomic E-state index is -4.70. The van der Waals surface area contributed by atoms with Crippen molar-refractivity contribution in [2.45, 2.75) is 6.36 Å². The Morgan fingerprint density at radius 3 is 2.17 bits per heavy atom. The predicted octanol–water partition coefficient (Wildman–Crippen LogP) is 2.14. The van der Waals surface area contributed by atoms with Gasteiger partial charge in [0.1, 0.15) is 0 Å². The molecule has 7 heteroatoms. The lowest BCUT2D eigenvalue weighted by Crippen LogP contribution is -2.17. The van der Waals surface area contributed by atoms with Crippen LogP contribution in [0.1, 0.15) is 0 Å². The van der Waals surface area contributed by atoms with Gasteiger partial charge in [0, 0.05) is 0 Å². The first kappa shape index (κ1) is 9.24. The van der Waals surface area contributed by atoms with Crippen LogP contribution in [0.2, 0.25) is 0 Å². The molecule has 0 bridgehead atoms. The van der Waals surface area contributed by atoms with Gasteiger partial charge in [0.25, 0.3) is 0 Å². The fraction of sp³-hybridized carbons (Fsp3) is 0.200. The van der Waals surface area contributed by atoms with Crippen LogP contribution >= 0.6 is 15.9 Å². The quantitative estimate of drug-likeness (QED) is 0.708. The van der Waals surface area contributed by atoms with Crippen molar-refractivity contribution in [2.24, 2.45) is 0 Å². The SMILES string of the molecule is FC(F)(F)Oc1cnc(Br)nc1. The molecule has 1 heterocycles. The third-order valence-electron chi connectivity index (χ3n) is 0.830. The Balaban J connectivity index is 2.71. The van der Waals surface area contributed by atoms with Gasteiger partial charge in [-0.25, -0.2) is 9.97 Å². The molecular formula is C5H2BrF3N2O. The van der Waals surface area contributed by atoms with E-state index in [-0.39, 0.29) is 4.73 Å². The molecule has 0 unspecified atom stereocenters. The molecule has 1 aromatic rings. The van der Waals surface area contributed by atoms with Gasteiger partial charge in [0.05, 0.1) is 12.4 Å². The average Bonchev–Trinajstić information content (AvgIpc) is 1.91. The number of hydrogen-bond donors (Lipinski definition) is 0. The van der Waals surface area contributed by atoms with E-state index in [2.05, 4.69) is 30.6 Å². The number of aromatic nitrogens is 2. The fourth-order valence-electron chi connectivity index (χ4n) is 0.487. The summed E-state index contributed by atoms with van der Waals surface area (Å²) in [6, 6.07) is 0. The summed E-state index contributed by atoms with van der Waals surface area (Å²) in [5.74, 6) is -0.439. The third-order valence-corrected chi connectivity index (χ3v) is 1.24. The van der Waals surface area contributed by atoms with Crippen LogP contribution in [-0.2, 0) is 0 Å². The monoisotopic (exact) mass is 242 g/mol. The predicted molar refractivity (Wildman–Crippen MR) is 36.4 cm³/mol. The van der Waals surface area contributed by atoms with Crippen molar-refractivity contribution in [3.05, 3.63) is 17.1 Å². The van der Waals surface area contributed by atoms with Gasteiger partial charge in [-0.3, -0.25) is 0 Å². The van der Waals surface area contributed by atoms with Gasteiger partial charge in [0.2, 0.25) is 0 Å². The van der Waals surface area contributed by atoms with E-state index in [9.17, 15) is 13.2 Å². The van der Waals surface area contributed by atoms with E-state index in [4.69, 9.17) is 0 Å². The summed E-state index contributed by atoms with van der Waals surface area (Å²) in [5, 5.41) is 0. The lowest BCUT2D eigenvalue weighted by molar-refractivity contribution is -0.274. The molecule has 3 nitrogen and oxygen atoms in total. The van der Waals surface area contributed by atoms with Crippen molar-refractivity contribution in [3.8, 4) is 5.75 Å². The highest BCUT2D eigenvalue weighted by Gasteiger charge is 2.31. The second-order valence-electron chi connectivity index (χ2n) is 1.74. The molecule has 0 aliphatic carbocycles. The van der Waals surface area contributed by atoms with Gasteiger partial charge in [0.15, 0.2) is 10.5 Å². The van der Waals surface area contributed by atoms with Crippen LogP contribution in [0.25, 0.3) is 0 Å². The molecule has 0 aliphatic rings. The number of alkyl halides is 3. The molecule has 0 fully saturated rings. The van der Waals surface area contributed by atoms with Gasteiger partial charge in [-0.2, -0.15) is 0 Å². The van der Waals surface area contributed by atoms with Crippen LogP contribution in [0.4, 0.5) is 13.2 Å². The van der Waals surface area contributed by atoms with Gasteiger partial charge < -0.3 is 4.74 Å². The van der Waals surface area contributed by atoms with E-state index >= 15 is 0 Å². The number of rotatable bonds is 1. The molecule has 66 valence electrons. The maximum Gasteiger partial charge on any atom is 0.573 e. The number of ether oxygens (including phenoxy) is 1. The summed E-state index contributed by atoms with van der Waals surface area (Å²) in [7, 11) is 0. The van der Waals surface area contributed by atoms with Gasteiger partial charge >= 0.3 is 6.36 Å².